The molecule has 0 saturated heterocycles. The first-order valence-electron chi connectivity index (χ1n) is 8.58. The molecular formula is C21H20N2O3S. The van der Waals surface area contributed by atoms with Gasteiger partial charge in [-0.25, -0.2) is 4.79 Å². The largest absolute Gasteiger partial charge is 0.463 e. The first-order chi connectivity index (χ1) is 13.1. The minimum absolute atomic E-state index is 0.254. The summed E-state index contributed by atoms with van der Waals surface area (Å²) in [5.74, 6) is -0.161. The molecule has 0 aliphatic carbocycles. The predicted molar refractivity (Wildman–Crippen MR) is 105 cm³/mol. The second-order valence-electron chi connectivity index (χ2n) is 5.92. The SMILES string of the molecule is CCOC(=O)C1=C(C)OC(n2cccc2)=C(C#N)C1c1ccc(SC)cc1. The number of hydrogen-bond donors (Lipinski definition) is 0. The lowest BCUT2D eigenvalue weighted by Gasteiger charge is -2.28. The van der Waals surface area contributed by atoms with Crippen molar-refractivity contribution in [3.63, 3.8) is 0 Å². The zero-order chi connectivity index (χ0) is 19.4. The summed E-state index contributed by atoms with van der Waals surface area (Å²) in [7, 11) is 0. The zero-order valence-corrected chi connectivity index (χ0v) is 16.2. The molecule has 27 heavy (non-hydrogen) atoms. The fourth-order valence-electron chi connectivity index (χ4n) is 3.10. The van der Waals surface area contributed by atoms with Crippen molar-refractivity contribution < 1.29 is 14.3 Å². The van der Waals surface area contributed by atoms with Crippen molar-refractivity contribution in [2.24, 2.45) is 0 Å². The number of nitrogens with zero attached hydrogens (tertiary/aromatic N) is 2. The fourth-order valence-corrected chi connectivity index (χ4v) is 3.51. The lowest BCUT2D eigenvalue weighted by molar-refractivity contribution is -0.139. The maximum atomic E-state index is 12.7. The number of carbonyl (C=O) groups excluding carboxylic acids is 1. The summed E-state index contributed by atoms with van der Waals surface area (Å²) >= 11 is 1.64. The van der Waals surface area contributed by atoms with Crippen LogP contribution in [0.2, 0.25) is 0 Å². The van der Waals surface area contributed by atoms with Crippen LogP contribution < -0.4 is 0 Å². The van der Waals surface area contributed by atoms with Crippen molar-refractivity contribution in [3.8, 4) is 6.07 Å². The molecule has 0 radical (unpaired) electrons. The molecule has 2 aromatic rings. The second-order valence-corrected chi connectivity index (χ2v) is 6.80. The van der Waals surface area contributed by atoms with Gasteiger partial charge in [0.05, 0.1) is 18.1 Å². The van der Waals surface area contributed by atoms with Crippen molar-refractivity contribution in [1.29, 1.82) is 5.26 Å². The van der Waals surface area contributed by atoms with Gasteiger partial charge >= 0.3 is 5.97 Å². The number of ether oxygens (including phenoxy) is 2. The van der Waals surface area contributed by atoms with E-state index < -0.39 is 11.9 Å². The summed E-state index contributed by atoms with van der Waals surface area (Å²) in [5.41, 5.74) is 1.58. The van der Waals surface area contributed by atoms with E-state index in [9.17, 15) is 10.1 Å². The molecule has 5 nitrogen and oxygen atoms in total. The van der Waals surface area contributed by atoms with Gasteiger partial charge in [-0.05, 0) is 49.9 Å². The number of esters is 1. The highest BCUT2D eigenvalue weighted by Crippen LogP contribution is 2.42. The molecule has 3 rings (SSSR count). The Labute approximate surface area is 162 Å². The molecule has 0 amide bonds. The number of carbonyl (C=O) groups is 1. The molecule has 1 aliphatic rings. The average Bonchev–Trinajstić information content (AvgIpc) is 3.22. The summed E-state index contributed by atoms with van der Waals surface area (Å²) in [6.45, 7) is 3.74. The Morgan fingerprint density at radius 3 is 2.52 bits per heavy atom. The van der Waals surface area contributed by atoms with E-state index in [0.29, 0.717) is 22.8 Å². The number of hydrogen-bond acceptors (Lipinski definition) is 5. The van der Waals surface area contributed by atoms with Crippen LogP contribution in [0.4, 0.5) is 0 Å². The smallest absolute Gasteiger partial charge is 0.338 e. The molecule has 0 bridgehead atoms. The van der Waals surface area contributed by atoms with E-state index in [2.05, 4.69) is 6.07 Å². The van der Waals surface area contributed by atoms with Crippen LogP contribution in [-0.4, -0.2) is 23.4 Å². The van der Waals surface area contributed by atoms with E-state index in [0.717, 1.165) is 10.5 Å². The Hall–Kier alpha value is -2.91. The average molecular weight is 380 g/mol. The molecule has 0 N–H and O–H groups in total. The monoisotopic (exact) mass is 380 g/mol. The van der Waals surface area contributed by atoms with E-state index >= 15 is 0 Å². The van der Waals surface area contributed by atoms with Gasteiger partial charge in [-0.1, -0.05) is 12.1 Å². The van der Waals surface area contributed by atoms with Crippen LogP contribution in [0.5, 0.6) is 0 Å². The van der Waals surface area contributed by atoms with Gasteiger partial charge in [-0.2, -0.15) is 5.26 Å². The maximum absolute atomic E-state index is 12.7. The van der Waals surface area contributed by atoms with Crippen LogP contribution in [0, 0.1) is 11.3 Å². The quantitative estimate of drug-likeness (QED) is 0.562. The van der Waals surface area contributed by atoms with Crippen LogP contribution >= 0.6 is 11.8 Å². The minimum Gasteiger partial charge on any atom is -0.463 e. The third kappa shape index (κ3) is 3.64. The molecular weight excluding hydrogens is 360 g/mol. The normalized spacial score (nSPS) is 16.7. The summed E-state index contributed by atoms with van der Waals surface area (Å²) in [4.78, 5) is 13.8. The highest BCUT2D eigenvalue weighted by atomic mass is 32.2. The highest BCUT2D eigenvalue weighted by molar-refractivity contribution is 7.98. The highest BCUT2D eigenvalue weighted by Gasteiger charge is 2.37. The van der Waals surface area contributed by atoms with Gasteiger partial charge in [0.15, 0.2) is 0 Å². The van der Waals surface area contributed by atoms with Crippen molar-refractivity contribution >= 4 is 23.6 Å². The number of rotatable bonds is 5. The van der Waals surface area contributed by atoms with Crippen LogP contribution in [0.3, 0.4) is 0 Å². The van der Waals surface area contributed by atoms with E-state index in [1.54, 1.807) is 30.2 Å². The molecule has 1 aromatic carbocycles. The number of thioether (sulfide) groups is 1. The summed E-state index contributed by atoms with van der Waals surface area (Å²) in [6, 6.07) is 13.8. The van der Waals surface area contributed by atoms with Gasteiger partial charge in [0.25, 0.3) is 0 Å². The Morgan fingerprint density at radius 1 is 1.30 bits per heavy atom. The van der Waals surface area contributed by atoms with E-state index in [1.165, 1.54) is 0 Å². The lowest BCUT2D eigenvalue weighted by atomic mass is 9.83. The Bertz CT molecular complexity index is 935. The van der Waals surface area contributed by atoms with Crippen molar-refractivity contribution in [2.45, 2.75) is 24.7 Å². The first-order valence-corrected chi connectivity index (χ1v) is 9.80. The maximum Gasteiger partial charge on any atom is 0.338 e. The summed E-state index contributed by atoms with van der Waals surface area (Å²) in [5, 5.41) is 9.93. The van der Waals surface area contributed by atoms with Crippen LogP contribution in [-0.2, 0) is 14.3 Å². The van der Waals surface area contributed by atoms with Crippen LogP contribution in [0.25, 0.3) is 5.88 Å². The van der Waals surface area contributed by atoms with E-state index in [1.807, 2.05) is 55.0 Å². The van der Waals surface area contributed by atoms with Crippen LogP contribution in [0.1, 0.15) is 25.3 Å². The molecule has 2 heterocycles. The molecule has 6 heteroatoms. The topological polar surface area (TPSA) is 64.2 Å². The second kappa shape index (κ2) is 8.19. The summed E-state index contributed by atoms with van der Waals surface area (Å²) in [6.07, 6.45) is 5.62. The number of benzene rings is 1. The van der Waals surface area contributed by atoms with Crippen molar-refractivity contribution in [3.05, 3.63) is 71.3 Å². The molecule has 1 aromatic heterocycles. The third-order valence-electron chi connectivity index (χ3n) is 4.34. The number of nitriles is 1. The van der Waals surface area contributed by atoms with E-state index in [-0.39, 0.29) is 6.61 Å². The van der Waals surface area contributed by atoms with Gasteiger partial charge in [-0.3, -0.25) is 4.57 Å². The predicted octanol–water partition coefficient (Wildman–Crippen LogP) is 4.55. The molecule has 0 saturated carbocycles. The van der Waals surface area contributed by atoms with Crippen LogP contribution in [0.15, 0.2) is 70.6 Å². The van der Waals surface area contributed by atoms with Gasteiger partial charge in [0.1, 0.15) is 17.4 Å². The van der Waals surface area contributed by atoms with E-state index in [4.69, 9.17) is 9.47 Å². The molecule has 0 fully saturated rings. The first kappa shape index (κ1) is 18.9. The van der Waals surface area contributed by atoms with Gasteiger partial charge < -0.3 is 9.47 Å². The number of aromatic nitrogens is 1. The minimum atomic E-state index is -0.545. The molecule has 138 valence electrons. The Morgan fingerprint density at radius 2 is 1.96 bits per heavy atom. The zero-order valence-electron chi connectivity index (χ0n) is 15.4. The van der Waals surface area contributed by atoms with Gasteiger partial charge in [-0.15, -0.1) is 11.8 Å². The van der Waals surface area contributed by atoms with Gasteiger partial charge in [0.2, 0.25) is 5.88 Å². The van der Waals surface area contributed by atoms with Gasteiger partial charge in [0, 0.05) is 17.3 Å². The van der Waals surface area contributed by atoms with Crippen molar-refractivity contribution in [2.75, 3.05) is 12.9 Å². The molecule has 1 unspecified atom stereocenters. The molecule has 1 atom stereocenters. The number of allylic oxidation sites excluding steroid dienone is 2. The van der Waals surface area contributed by atoms with Crippen molar-refractivity contribution in [1.82, 2.24) is 4.57 Å². The third-order valence-corrected chi connectivity index (χ3v) is 5.08. The molecule has 1 aliphatic heterocycles. The molecule has 0 spiro atoms. The standard InChI is InChI=1S/C21H20N2O3S/c1-4-25-21(24)18-14(2)26-20(23-11-5-6-12-23)17(13-22)19(18)15-7-9-16(27-3)10-8-15/h5-12,19H,4H2,1-3H3. The Kier molecular flexibility index (Phi) is 5.72. The summed E-state index contributed by atoms with van der Waals surface area (Å²) < 4.78 is 12.9. The Balaban J connectivity index is 2.19. The fraction of sp³-hybridized carbons (Fsp3) is 0.238. The lowest BCUT2D eigenvalue weighted by Crippen LogP contribution is -2.24.